The highest BCUT2D eigenvalue weighted by atomic mass is 16.5. The number of nitrogens with one attached hydrogen (secondary N) is 1. The molecule has 174 valence electrons. The topological polar surface area (TPSA) is 61.9 Å². The zero-order valence-corrected chi connectivity index (χ0v) is 19.2. The first-order chi connectivity index (χ1) is 16.7. The Bertz CT molecular complexity index is 1170. The molecule has 0 aliphatic carbocycles. The molecule has 2 amide bonds. The molecule has 3 aromatic carbocycles. The molecule has 2 heterocycles. The van der Waals surface area contributed by atoms with Gasteiger partial charge in [0.2, 0.25) is 0 Å². The fraction of sp³-hybridized carbons (Fsp3) is 0.286. The van der Waals surface area contributed by atoms with E-state index in [4.69, 9.17) is 4.74 Å². The minimum atomic E-state index is -0.225. The number of ether oxygens (including phenoxy) is 1. The highest BCUT2D eigenvalue weighted by molar-refractivity contribution is 6.09. The number of carbonyl (C=O) groups excluding carboxylic acids is 2. The van der Waals surface area contributed by atoms with Crippen LogP contribution in [0.15, 0.2) is 72.8 Å². The summed E-state index contributed by atoms with van der Waals surface area (Å²) < 4.78 is 5.35. The number of nitrogens with zero attached hydrogens (tertiary/aromatic N) is 2. The number of anilines is 2. The number of aryl methyl sites for hydroxylation is 1. The Balaban J connectivity index is 1.26. The number of amides is 2. The second-order valence-corrected chi connectivity index (χ2v) is 8.76. The van der Waals surface area contributed by atoms with Gasteiger partial charge in [0.25, 0.3) is 11.8 Å². The van der Waals surface area contributed by atoms with Gasteiger partial charge < -0.3 is 19.9 Å². The summed E-state index contributed by atoms with van der Waals surface area (Å²) in [6.07, 6.45) is 2.28. The molecule has 6 nitrogen and oxygen atoms in total. The molecule has 34 heavy (non-hydrogen) atoms. The zero-order valence-electron chi connectivity index (χ0n) is 19.2. The van der Waals surface area contributed by atoms with Crippen LogP contribution in [0.3, 0.4) is 0 Å². The average molecular weight is 456 g/mol. The summed E-state index contributed by atoms with van der Waals surface area (Å²) in [4.78, 5) is 30.1. The molecule has 1 saturated heterocycles. The molecule has 0 spiro atoms. The highest BCUT2D eigenvalue weighted by Crippen LogP contribution is 2.28. The van der Waals surface area contributed by atoms with Gasteiger partial charge in [-0.1, -0.05) is 42.5 Å². The Morgan fingerprint density at radius 3 is 2.41 bits per heavy atom. The second kappa shape index (κ2) is 10.1. The van der Waals surface area contributed by atoms with E-state index in [1.54, 1.807) is 17.0 Å². The standard InChI is InChI=1S/C28H29N3O3/c32-27(29-25-9-3-2-8-24(25)28(33)30-16-18-34-19-17-30)23-13-11-21(12-14-23)20-31-15-5-7-22-6-1-4-10-26(22)31/h1-4,6,8-14H,5,7,15-20H2,(H,29,32). The smallest absolute Gasteiger partial charge is 0.256 e. The van der Waals surface area contributed by atoms with E-state index in [1.165, 1.54) is 11.3 Å². The van der Waals surface area contributed by atoms with E-state index >= 15 is 0 Å². The number of fused-ring (bicyclic) bond motifs is 1. The predicted octanol–water partition coefficient (Wildman–Crippen LogP) is 4.36. The van der Waals surface area contributed by atoms with Crippen LogP contribution in [0.25, 0.3) is 0 Å². The van der Waals surface area contributed by atoms with Crippen LogP contribution in [0, 0.1) is 0 Å². The van der Waals surface area contributed by atoms with Crippen molar-refractivity contribution in [2.45, 2.75) is 19.4 Å². The molecule has 0 unspecified atom stereocenters. The monoisotopic (exact) mass is 455 g/mol. The molecule has 0 saturated carbocycles. The lowest BCUT2D eigenvalue weighted by Crippen LogP contribution is -2.41. The molecule has 1 fully saturated rings. The van der Waals surface area contributed by atoms with Crippen molar-refractivity contribution in [2.75, 3.05) is 43.1 Å². The molecule has 2 aliphatic rings. The number of carbonyl (C=O) groups is 2. The van der Waals surface area contributed by atoms with Gasteiger partial charge in [-0.25, -0.2) is 0 Å². The molecule has 2 aliphatic heterocycles. The van der Waals surface area contributed by atoms with Crippen LogP contribution in [0.4, 0.5) is 11.4 Å². The van der Waals surface area contributed by atoms with E-state index < -0.39 is 0 Å². The van der Waals surface area contributed by atoms with Gasteiger partial charge in [0.1, 0.15) is 0 Å². The molecular formula is C28H29N3O3. The van der Waals surface area contributed by atoms with E-state index in [0.717, 1.165) is 31.5 Å². The number of benzene rings is 3. The Morgan fingerprint density at radius 2 is 1.59 bits per heavy atom. The van der Waals surface area contributed by atoms with E-state index in [9.17, 15) is 9.59 Å². The first-order valence-electron chi connectivity index (χ1n) is 11.9. The van der Waals surface area contributed by atoms with Gasteiger partial charge in [0.15, 0.2) is 0 Å². The number of rotatable bonds is 5. The number of morpholine rings is 1. The normalized spacial score (nSPS) is 15.5. The minimum Gasteiger partial charge on any atom is -0.378 e. The summed E-state index contributed by atoms with van der Waals surface area (Å²) in [5.41, 5.74) is 5.45. The van der Waals surface area contributed by atoms with Gasteiger partial charge in [-0.3, -0.25) is 9.59 Å². The van der Waals surface area contributed by atoms with E-state index in [1.807, 2.05) is 36.4 Å². The lowest BCUT2D eigenvalue weighted by Gasteiger charge is -2.31. The SMILES string of the molecule is O=C(Nc1ccccc1C(=O)N1CCOCC1)c1ccc(CN2CCCc3ccccc32)cc1. The number of hydrogen-bond acceptors (Lipinski definition) is 4. The van der Waals surface area contributed by atoms with Crippen LogP contribution in [0.1, 0.15) is 38.3 Å². The van der Waals surface area contributed by atoms with Crippen LogP contribution in [0.2, 0.25) is 0 Å². The molecule has 3 aromatic rings. The van der Waals surface area contributed by atoms with Crippen molar-refractivity contribution >= 4 is 23.2 Å². The maximum Gasteiger partial charge on any atom is 0.256 e. The van der Waals surface area contributed by atoms with E-state index in [0.29, 0.717) is 43.1 Å². The van der Waals surface area contributed by atoms with Crippen LogP contribution in [-0.2, 0) is 17.7 Å². The Morgan fingerprint density at radius 1 is 0.853 bits per heavy atom. The molecular weight excluding hydrogens is 426 g/mol. The molecule has 6 heteroatoms. The molecule has 1 N–H and O–H groups in total. The van der Waals surface area contributed by atoms with Crippen LogP contribution < -0.4 is 10.2 Å². The summed E-state index contributed by atoms with van der Waals surface area (Å²) in [5.74, 6) is -0.312. The predicted molar refractivity (Wildman–Crippen MR) is 133 cm³/mol. The third-order valence-electron chi connectivity index (χ3n) is 6.50. The van der Waals surface area contributed by atoms with Crippen molar-refractivity contribution in [3.05, 3.63) is 95.1 Å². The third kappa shape index (κ3) is 4.82. The van der Waals surface area contributed by atoms with Crippen molar-refractivity contribution in [3.63, 3.8) is 0 Å². The molecule has 5 rings (SSSR count). The van der Waals surface area contributed by atoms with Gasteiger partial charge in [0.05, 0.1) is 24.5 Å². The number of hydrogen-bond donors (Lipinski definition) is 1. The van der Waals surface area contributed by atoms with E-state index in [2.05, 4.69) is 34.5 Å². The van der Waals surface area contributed by atoms with Gasteiger partial charge in [0, 0.05) is 37.4 Å². The average Bonchev–Trinajstić information content (AvgIpc) is 2.90. The van der Waals surface area contributed by atoms with Gasteiger partial charge >= 0.3 is 0 Å². The van der Waals surface area contributed by atoms with Crippen LogP contribution in [-0.4, -0.2) is 49.6 Å². The minimum absolute atomic E-state index is 0.0867. The fourth-order valence-electron chi connectivity index (χ4n) is 4.67. The summed E-state index contributed by atoms with van der Waals surface area (Å²) in [5, 5.41) is 2.93. The second-order valence-electron chi connectivity index (χ2n) is 8.76. The van der Waals surface area contributed by atoms with Crippen molar-refractivity contribution in [2.24, 2.45) is 0 Å². The summed E-state index contributed by atoms with van der Waals surface area (Å²) >= 11 is 0. The third-order valence-corrected chi connectivity index (χ3v) is 6.50. The van der Waals surface area contributed by atoms with Crippen molar-refractivity contribution in [1.29, 1.82) is 0 Å². The van der Waals surface area contributed by atoms with Gasteiger partial charge in [-0.15, -0.1) is 0 Å². The molecule has 0 bridgehead atoms. The van der Waals surface area contributed by atoms with Crippen molar-refractivity contribution < 1.29 is 14.3 Å². The van der Waals surface area contributed by atoms with Crippen molar-refractivity contribution in [1.82, 2.24) is 4.90 Å². The lowest BCUT2D eigenvalue weighted by atomic mass is 10.0. The Kier molecular flexibility index (Phi) is 6.58. The lowest BCUT2D eigenvalue weighted by molar-refractivity contribution is 0.0303. The summed E-state index contributed by atoms with van der Waals surface area (Å²) in [6, 6.07) is 23.5. The first kappa shape index (κ1) is 22.2. The van der Waals surface area contributed by atoms with Gasteiger partial charge in [-0.2, -0.15) is 0 Å². The summed E-state index contributed by atoms with van der Waals surface area (Å²) in [7, 11) is 0. The Labute approximate surface area is 200 Å². The largest absolute Gasteiger partial charge is 0.378 e. The quantitative estimate of drug-likeness (QED) is 0.621. The maximum absolute atomic E-state index is 13.0. The van der Waals surface area contributed by atoms with Crippen LogP contribution >= 0.6 is 0 Å². The van der Waals surface area contributed by atoms with E-state index in [-0.39, 0.29) is 11.8 Å². The maximum atomic E-state index is 13.0. The zero-order chi connectivity index (χ0) is 23.3. The molecule has 0 aromatic heterocycles. The molecule has 0 atom stereocenters. The summed E-state index contributed by atoms with van der Waals surface area (Å²) in [6.45, 7) is 4.04. The fourth-order valence-corrected chi connectivity index (χ4v) is 4.67. The van der Waals surface area contributed by atoms with Gasteiger partial charge in [-0.05, 0) is 54.3 Å². The number of para-hydroxylation sites is 2. The van der Waals surface area contributed by atoms with Crippen LogP contribution in [0.5, 0.6) is 0 Å². The molecule has 0 radical (unpaired) electrons. The highest BCUT2D eigenvalue weighted by Gasteiger charge is 2.22. The van der Waals surface area contributed by atoms with Crippen molar-refractivity contribution in [3.8, 4) is 0 Å². The Hall–Kier alpha value is -3.64. The first-order valence-corrected chi connectivity index (χ1v) is 11.9.